The molecular formula is C10H15NO2. The SMILES string of the molecule is Cc1cc(C)c(OCCO)cc1N. The molecular weight excluding hydrogens is 166 g/mol. The molecule has 0 aliphatic carbocycles. The molecule has 0 aliphatic heterocycles. The Morgan fingerprint density at radius 1 is 1.31 bits per heavy atom. The molecule has 3 heteroatoms. The molecule has 1 rings (SSSR count). The summed E-state index contributed by atoms with van der Waals surface area (Å²) in [6.07, 6.45) is 0. The van der Waals surface area contributed by atoms with Crippen molar-refractivity contribution in [3.05, 3.63) is 23.3 Å². The van der Waals surface area contributed by atoms with Crippen molar-refractivity contribution in [2.45, 2.75) is 13.8 Å². The summed E-state index contributed by atoms with van der Waals surface area (Å²) >= 11 is 0. The van der Waals surface area contributed by atoms with Crippen LogP contribution in [0.2, 0.25) is 0 Å². The second kappa shape index (κ2) is 4.14. The molecule has 0 spiro atoms. The van der Waals surface area contributed by atoms with Crippen molar-refractivity contribution >= 4 is 5.69 Å². The van der Waals surface area contributed by atoms with Crippen molar-refractivity contribution in [1.82, 2.24) is 0 Å². The first kappa shape index (κ1) is 9.86. The van der Waals surface area contributed by atoms with E-state index in [1.807, 2.05) is 19.9 Å². The lowest BCUT2D eigenvalue weighted by Gasteiger charge is -2.10. The molecule has 72 valence electrons. The van der Waals surface area contributed by atoms with E-state index in [1.165, 1.54) is 0 Å². The highest BCUT2D eigenvalue weighted by Crippen LogP contribution is 2.24. The number of aliphatic hydroxyl groups excluding tert-OH is 1. The average molecular weight is 181 g/mol. The Labute approximate surface area is 78.1 Å². The second-order valence-corrected chi connectivity index (χ2v) is 3.05. The molecule has 0 fully saturated rings. The molecule has 3 N–H and O–H groups in total. The van der Waals surface area contributed by atoms with Gasteiger partial charge >= 0.3 is 0 Å². The number of ether oxygens (including phenoxy) is 1. The van der Waals surface area contributed by atoms with Gasteiger partial charge < -0.3 is 15.6 Å². The van der Waals surface area contributed by atoms with E-state index in [0.29, 0.717) is 6.61 Å². The molecule has 1 aromatic rings. The summed E-state index contributed by atoms with van der Waals surface area (Å²) in [5, 5.41) is 8.59. The highest BCUT2D eigenvalue weighted by molar-refractivity contribution is 5.54. The van der Waals surface area contributed by atoms with Gasteiger partial charge in [0.2, 0.25) is 0 Å². The molecule has 0 atom stereocenters. The number of aliphatic hydroxyl groups is 1. The third-order valence-electron chi connectivity index (χ3n) is 1.91. The smallest absolute Gasteiger partial charge is 0.124 e. The van der Waals surface area contributed by atoms with Crippen LogP contribution in [0, 0.1) is 13.8 Å². The van der Waals surface area contributed by atoms with Crippen LogP contribution in [-0.4, -0.2) is 18.3 Å². The van der Waals surface area contributed by atoms with Gasteiger partial charge in [0.25, 0.3) is 0 Å². The molecule has 0 bridgehead atoms. The first-order chi connectivity index (χ1) is 6.15. The van der Waals surface area contributed by atoms with Gasteiger partial charge in [-0.05, 0) is 25.0 Å². The maximum Gasteiger partial charge on any atom is 0.124 e. The fourth-order valence-corrected chi connectivity index (χ4v) is 1.16. The lowest BCUT2D eigenvalue weighted by molar-refractivity contribution is 0.200. The number of hydrogen-bond donors (Lipinski definition) is 2. The summed E-state index contributed by atoms with van der Waals surface area (Å²) in [5.41, 5.74) is 8.53. The van der Waals surface area contributed by atoms with Crippen LogP contribution < -0.4 is 10.5 Å². The fraction of sp³-hybridized carbons (Fsp3) is 0.400. The molecule has 0 unspecified atom stereocenters. The fourth-order valence-electron chi connectivity index (χ4n) is 1.16. The maximum absolute atomic E-state index is 8.59. The molecule has 0 saturated heterocycles. The Hall–Kier alpha value is -1.22. The minimum Gasteiger partial charge on any atom is -0.491 e. The predicted molar refractivity (Wildman–Crippen MR) is 52.9 cm³/mol. The molecule has 1 aromatic carbocycles. The van der Waals surface area contributed by atoms with Gasteiger partial charge in [0.1, 0.15) is 12.4 Å². The molecule has 0 aromatic heterocycles. The van der Waals surface area contributed by atoms with E-state index in [2.05, 4.69) is 0 Å². The maximum atomic E-state index is 8.59. The van der Waals surface area contributed by atoms with Gasteiger partial charge in [0, 0.05) is 11.8 Å². The van der Waals surface area contributed by atoms with Crippen LogP contribution in [-0.2, 0) is 0 Å². The van der Waals surface area contributed by atoms with Crippen LogP contribution >= 0.6 is 0 Å². The van der Waals surface area contributed by atoms with Gasteiger partial charge in [-0.3, -0.25) is 0 Å². The van der Waals surface area contributed by atoms with Gasteiger partial charge in [-0.2, -0.15) is 0 Å². The topological polar surface area (TPSA) is 55.5 Å². The van der Waals surface area contributed by atoms with E-state index < -0.39 is 0 Å². The molecule has 0 heterocycles. The van der Waals surface area contributed by atoms with Gasteiger partial charge in [-0.15, -0.1) is 0 Å². The Balaban J connectivity index is 2.88. The van der Waals surface area contributed by atoms with Crippen molar-refractivity contribution in [1.29, 1.82) is 0 Å². The summed E-state index contributed by atoms with van der Waals surface area (Å²) in [6.45, 7) is 4.24. The Kier molecular flexibility index (Phi) is 3.14. The van der Waals surface area contributed by atoms with Crippen LogP contribution in [0.3, 0.4) is 0 Å². The number of nitrogens with two attached hydrogens (primary N) is 1. The molecule has 3 nitrogen and oxygen atoms in total. The second-order valence-electron chi connectivity index (χ2n) is 3.05. The van der Waals surface area contributed by atoms with Gasteiger partial charge in [-0.1, -0.05) is 6.07 Å². The van der Waals surface area contributed by atoms with E-state index >= 15 is 0 Å². The van der Waals surface area contributed by atoms with Gasteiger partial charge in [-0.25, -0.2) is 0 Å². The largest absolute Gasteiger partial charge is 0.491 e. The number of aryl methyl sites for hydroxylation is 2. The van der Waals surface area contributed by atoms with Crippen LogP contribution in [0.15, 0.2) is 12.1 Å². The third-order valence-corrected chi connectivity index (χ3v) is 1.91. The first-order valence-corrected chi connectivity index (χ1v) is 4.25. The summed E-state index contributed by atoms with van der Waals surface area (Å²) in [5.74, 6) is 0.747. The zero-order valence-corrected chi connectivity index (χ0v) is 8.00. The number of nitrogen functional groups attached to an aromatic ring is 1. The highest BCUT2D eigenvalue weighted by Gasteiger charge is 2.02. The number of hydrogen-bond acceptors (Lipinski definition) is 3. The van der Waals surface area contributed by atoms with Crippen LogP contribution in [0.4, 0.5) is 5.69 Å². The Morgan fingerprint density at radius 2 is 2.00 bits per heavy atom. The van der Waals surface area contributed by atoms with Crippen molar-refractivity contribution in [3.8, 4) is 5.75 Å². The minimum absolute atomic E-state index is 0.0211. The van der Waals surface area contributed by atoms with E-state index in [0.717, 1.165) is 22.6 Å². The molecule has 0 aliphatic rings. The van der Waals surface area contributed by atoms with Crippen molar-refractivity contribution in [3.63, 3.8) is 0 Å². The normalized spacial score (nSPS) is 10.1. The van der Waals surface area contributed by atoms with Gasteiger partial charge in [0.15, 0.2) is 0 Å². The summed E-state index contributed by atoms with van der Waals surface area (Å²) in [6, 6.07) is 3.77. The standard InChI is InChI=1S/C10H15NO2/c1-7-5-8(2)10(6-9(7)11)13-4-3-12/h5-6,12H,3-4,11H2,1-2H3. The quantitative estimate of drug-likeness (QED) is 0.690. The van der Waals surface area contributed by atoms with E-state index in [4.69, 9.17) is 15.6 Å². The zero-order chi connectivity index (χ0) is 9.84. The zero-order valence-electron chi connectivity index (χ0n) is 8.00. The van der Waals surface area contributed by atoms with E-state index in [-0.39, 0.29) is 6.61 Å². The number of benzene rings is 1. The Morgan fingerprint density at radius 3 is 2.62 bits per heavy atom. The summed E-state index contributed by atoms with van der Waals surface area (Å²) in [4.78, 5) is 0. The van der Waals surface area contributed by atoms with Gasteiger partial charge in [0.05, 0.1) is 6.61 Å². The van der Waals surface area contributed by atoms with Crippen LogP contribution in [0.5, 0.6) is 5.75 Å². The molecule has 0 radical (unpaired) electrons. The number of rotatable bonds is 3. The lowest BCUT2D eigenvalue weighted by Crippen LogP contribution is -2.03. The van der Waals surface area contributed by atoms with Crippen LogP contribution in [0.25, 0.3) is 0 Å². The van der Waals surface area contributed by atoms with Crippen molar-refractivity contribution in [2.24, 2.45) is 0 Å². The third kappa shape index (κ3) is 2.36. The minimum atomic E-state index is 0.0211. The van der Waals surface area contributed by atoms with Crippen molar-refractivity contribution in [2.75, 3.05) is 18.9 Å². The molecule has 0 saturated carbocycles. The summed E-state index contributed by atoms with van der Waals surface area (Å²) < 4.78 is 5.29. The number of anilines is 1. The molecule has 0 amide bonds. The monoisotopic (exact) mass is 181 g/mol. The average Bonchev–Trinajstić information content (AvgIpc) is 2.09. The lowest BCUT2D eigenvalue weighted by atomic mass is 10.1. The summed E-state index contributed by atoms with van der Waals surface area (Å²) in [7, 11) is 0. The first-order valence-electron chi connectivity index (χ1n) is 4.25. The van der Waals surface area contributed by atoms with E-state index in [1.54, 1.807) is 6.07 Å². The molecule has 13 heavy (non-hydrogen) atoms. The van der Waals surface area contributed by atoms with Crippen LogP contribution in [0.1, 0.15) is 11.1 Å². The predicted octanol–water partition coefficient (Wildman–Crippen LogP) is 1.26. The Bertz CT molecular complexity index is 297. The van der Waals surface area contributed by atoms with Crippen molar-refractivity contribution < 1.29 is 9.84 Å². The van der Waals surface area contributed by atoms with E-state index in [9.17, 15) is 0 Å². The highest BCUT2D eigenvalue weighted by atomic mass is 16.5.